The van der Waals surface area contributed by atoms with Gasteiger partial charge in [0.15, 0.2) is 11.6 Å². The molecular weight excluding hydrogens is 248 g/mol. The Kier molecular flexibility index (Phi) is 4.01. The molecule has 1 saturated carbocycles. The van der Waals surface area contributed by atoms with Gasteiger partial charge < -0.3 is 11.1 Å². The molecule has 3 nitrogen and oxygen atoms in total. The number of hydrogen-bond donors (Lipinski definition) is 2. The molecule has 1 aliphatic carbocycles. The molecule has 0 heterocycles. The molecule has 0 spiro atoms. The fraction of sp³-hybridized carbons (Fsp3) is 0.500. The highest BCUT2D eigenvalue weighted by Gasteiger charge is 2.27. The summed E-state index contributed by atoms with van der Waals surface area (Å²) < 4.78 is 27.4. The third-order valence-corrected chi connectivity index (χ3v) is 3.64. The van der Waals surface area contributed by atoms with Crippen molar-refractivity contribution in [3.05, 3.63) is 29.3 Å². The van der Waals surface area contributed by atoms with Crippen LogP contribution in [-0.4, -0.2) is 12.1 Å². The molecule has 1 fully saturated rings. The van der Waals surface area contributed by atoms with Crippen LogP contribution in [0.2, 0.25) is 0 Å². The summed E-state index contributed by atoms with van der Waals surface area (Å²) in [5, 5.41) is 11.4. The molecule has 5 heteroatoms. The smallest absolute Gasteiger partial charge is 0.150 e. The third-order valence-electron chi connectivity index (χ3n) is 3.64. The second-order valence-corrected chi connectivity index (χ2v) is 5.20. The lowest BCUT2D eigenvalue weighted by molar-refractivity contribution is 0.310. The van der Waals surface area contributed by atoms with Crippen molar-refractivity contribution < 1.29 is 8.78 Å². The predicted octanol–water partition coefficient (Wildman–Crippen LogP) is 2.91. The Balaban J connectivity index is 2.09. The van der Waals surface area contributed by atoms with Crippen molar-refractivity contribution in [2.45, 2.75) is 37.6 Å². The van der Waals surface area contributed by atoms with Gasteiger partial charge in [-0.2, -0.15) is 5.26 Å². The molecule has 0 atom stereocenters. The number of nitrogens with two attached hydrogens (primary N) is 1. The zero-order valence-corrected chi connectivity index (χ0v) is 10.7. The number of nitrogens with one attached hydrogen (secondary N) is 1. The first-order valence-electron chi connectivity index (χ1n) is 6.46. The summed E-state index contributed by atoms with van der Waals surface area (Å²) in [5.41, 5.74) is 5.58. The molecule has 0 aliphatic heterocycles. The fourth-order valence-electron chi connectivity index (χ4n) is 2.50. The van der Waals surface area contributed by atoms with Crippen molar-refractivity contribution in [3.63, 3.8) is 0 Å². The van der Waals surface area contributed by atoms with E-state index in [1.54, 1.807) is 6.07 Å². The molecule has 1 aromatic rings. The Labute approximate surface area is 111 Å². The van der Waals surface area contributed by atoms with Gasteiger partial charge in [-0.05, 0) is 25.0 Å². The number of hydrogen-bond acceptors (Lipinski definition) is 3. The van der Waals surface area contributed by atoms with Gasteiger partial charge in [0.05, 0.1) is 11.6 Å². The molecule has 2 rings (SSSR count). The van der Waals surface area contributed by atoms with Crippen LogP contribution in [0, 0.1) is 23.0 Å². The van der Waals surface area contributed by atoms with E-state index >= 15 is 0 Å². The van der Waals surface area contributed by atoms with E-state index in [1.165, 1.54) is 6.42 Å². The summed E-state index contributed by atoms with van der Waals surface area (Å²) in [6.07, 6.45) is 4.99. The number of nitriles is 1. The van der Waals surface area contributed by atoms with Crippen LogP contribution in [0.4, 0.5) is 14.5 Å². The van der Waals surface area contributed by atoms with Crippen LogP contribution in [0.1, 0.15) is 37.7 Å². The van der Waals surface area contributed by atoms with E-state index in [9.17, 15) is 8.78 Å². The van der Waals surface area contributed by atoms with Crippen LogP contribution in [0.25, 0.3) is 0 Å². The highest BCUT2D eigenvalue weighted by atomic mass is 19.1. The zero-order chi connectivity index (χ0) is 13.9. The molecule has 19 heavy (non-hydrogen) atoms. The van der Waals surface area contributed by atoms with E-state index in [0.717, 1.165) is 37.8 Å². The summed E-state index contributed by atoms with van der Waals surface area (Å²) >= 11 is 0. The van der Waals surface area contributed by atoms with Crippen molar-refractivity contribution in [1.82, 2.24) is 0 Å². The summed E-state index contributed by atoms with van der Waals surface area (Å²) in [7, 11) is 0. The van der Waals surface area contributed by atoms with Gasteiger partial charge in [0.2, 0.25) is 0 Å². The van der Waals surface area contributed by atoms with Gasteiger partial charge in [0, 0.05) is 12.1 Å². The molecule has 0 bridgehead atoms. The highest BCUT2D eigenvalue weighted by Crippen LogP contribution is 2.27. The van der Waals surface area contributed by atoms with Crippen LogP contribution in [0.3, 0.4) is 0 Å². The Morgan fingerprint density at radius 1 is 1.21 bits per heavy atom. The topological polar surface area (TPSA) is 61.8 Å². The van der Waals surface area contributed by atoms with E-state index in [4.69, 9.17) is 11.0 Å². The number of halogens is 2. The summed E-state index contributed by atoms with van der Waals surface area (Å²) in [6, 6.07) is 3.76. The Hall–Kier alpha value is -1.67. The third kappa shape index (κ3) is 3.21. The van der Waals surface area contributed by atoms with Gasteiger partial charge in [-0.25, -0.2) is 8.78 Å². The van der Waals surface area contributed by atoms with Crippen LogP contribution in [0.15, 0.2) is 12.1 Å². The Bertz CT molecular complexity index is 479. The second kappa shape index (κ2) is 5.54. The van der Waals surface area contributed by atoms with Crippen molar-refractivity contribution in [2.75, 3.05) is 11.9 Å². The van der Waals surface area contributed by atoms with E-state index < -0.39 is 17.2 Å². The van der Waals surface area contributed by atoms with E-state index in [-0.39, 0.29) is 11.3 Å². The lowest BCUT2D eigenvalue weighted by Crippen LogP contribution is -2.47. The fourth-order valence-corrected chi connectivity index (χ4v) is 2.50. The molecule has 1 aromatic carbocycles. The average Bonchev–Trinajstić information content (AvgIpc) is 2.38. The summed E-state index contributed by atoms with van der Waals surface area (Å²) in [4.78, 5) is 0. The zero-order valence-electron chi connectivity index (χ0n) is 10.7. The maximum Gasteiger partial charge on any atom is 0.150 e. The minimum atomic E-state index is -0.754. The number of nitrogens with zero attached hydrogens (tertiary/aromatic N) is 1. The minimum absolute atomic E-state index is 0.0271. The lowest BCUT2D eigenvalue weighted by atomic mass is 9.82. The predicted molar refractivity (Wildman–Crippen MR) is 69.6 cm³/mol. The van der Waals surface area contributed by atoms with E-state index in [0.29, 0.717) is 6.54 Å². The maximum atomic E-state index is 13.7. The Morgan fingerprint density at radius 2 is 1.79 bits per heavy atom. The largest absolute Gasteiger partial charge is 0.378 e. The maximum absolute atomic E-state index is 13.7. The van der Waals surface area contributed by atoms with Crippen LogP contribution in [-0.2, 0) is 0 Å². The number of anilines is 1. The normalized spacial score (nSPS) is 17.8. The second-order valence-electron chi connectivity index (χ2n) is 5.20. The van der Waals surface area contributed by atoms with Gasteiger partial charge in [-0.3, -0.25) is 0 Å². The molecule has 0 unspecified atom stereocenters. The number of rotatable bonds is 3. The molecule has 0 aromatic heterocycles. The first kappa shape index (κ1) is 13.8. The minimum Gasteiger partial charge on any atom is -0.378 e. The molecule has 1 aliphatic rings. The molecule has 102 valence electrons. The van der Waals surface area contributed by atoms with E-state index in [2.05, 4.69) is 5.32 Å². The van der Waals surface area contributed by atoms with Gasteiger partial charge in [-0.15, -0.1) is 0 Å². The van der Waals surface area contributed by atoms with E-state index in [1.807, 2.05) is 0 Å². The van der Waals surface area contributed by atoms with Gasteiger partial charge in [0.25, 0.3) is 0 Å². The molecule has 3 N–H and O–H groups in total. The summed E-state index contributed by atoms with van der Waals surface area (Å²) in [6.45, 7) is 0.340. The van der Waals surface area contributed by atoms with Crippen molar-refractivity contribution in [2.24, 2.45) is 5.73 Å². The summed E-state index contributed by atoms with van der Waals surface area (Å²) in [5.74, 6) is -1.51. The van der Waals surface area contributed by atoms with Crippen molar-refractivity contribution in [3.8, 4) is 6.07 Å². The quantitative estimate of drug-likeness (QED) is 0.883. The average molecular weight is 265 g/mol. The molecule has 0 radical (unpaired) electrons. The van der Waals surface area contributed by atoms with Gasteiger partial charge in [0.1, 0.15) is 5.69 Å². The first-order chi connectivity index (χ1) is 9.04. The Morgan fingerprint density at radius 3 is 2.32 bits per heavy atom. The van der Waals surface area contributed by atoms with Crippen molar-refractivity contribution >= 4 is 5.69 Å². The van der Waals surface area contributed by atoms with Crippen molar-refractivity contribution in [1.29, 1.82) is 5.26 Å². The molecule has 0 amide bonds. The van der Waals surface area contributed by atoms with Crippen LogP contribution in [0.5, 0.6) is 0 Å². The standard InChI is InChI=1S/C14H17F2N3/c15-11-6-10(8-17)7-12(16)13(11)19-9-14(18)4-2-1-3-5-14/h6-7,19H,1-5,9,18H2. The number of benzene rings is 1. The van der Waals surface area contributed by atoms with Crippen LogP contribution < -0.4 is 11.1 Å². The molecular formula is C14H17F2N3. The van der Waals surface area contributed by atoms with Crippen LogP contribution >= 0.6 is 0 Å². The first-order valence-corrected chi connectivity index (χ1v) is 6.46. The van der Waals surface area contributed by atoms with Gasteiger partial charge in [-0.1, -0.05) is 19.3 Å². The monoisotopic (exact) mass is 265 g/mol. The SMILES string of the molecule is N#Cc1cc(F)c(NCC2(N)CCCCC2)c(F)c1. The van der Waals surface area contributed by atoms with Gasteiger partial charge >= 0.3 is 0 Å². The lowest BCUT2D eigenvalue weighted by Gasteiger charge is -2.33. The highest BCUT2D eigenvalue weighted by molar-refractivity contribution is 5.50. The molecule has 0 saturated heterocycles.